The Morgan fingerprint density at radius 2 is 1.94 bits per heavy atom. The highest BCUT2D eigenvalue weighted by molar-refractivity contribution is 5.92. The van der Waals surface area contributed by atoms with Gasteiger partial charge in [0.05, 0.1) is 0 Å². The van der Waals surface area contributed by atoms with Crippen LogP contribution in [0.2, 0.25) is 0 Å². The molecule has 0 saturated carbocycles. The Bertz CT molecular complexity index is 364. The largest absolute Gasteiger partial charge is 0.478 e. The molecule has 0 amide bonds. The van der Waals surface area contributed by atoms with Crippen LogP contribution in [0.25, 0.3) is 6.08 Å². The van der Waals surface area contributed by atoms with Crippen LogP contribution in [0, 0.1) is 5.92 Å². The van der Waals surface area contributed by atoms with Crippen molar-refractivity contribution in [3.05, 3.63) is 41.5 Å². The summed E-state index contributed by atoms with van der Waals surface area (Å²) < 4.78 is 0. The van der Waals surface area contributed by atoms with E-state index in [1.165, 1.54) is 0 Å². The first-order valence-corrected chi connectivity index (χ1v) is 5.58. The van der Waals surface area contributed by atoms with Gasteiger partial charge in [0.25, 0.3) is 0 Å². The summed E-state index contributed by atoms with van der Waals surface area (Å²) in [5.74, 6) is -0.289. The molecule has 0 saturated heterocycles. The summed E-state index contributed by atoms with van der Waals surface area (Å²) in [5, 5.41) is 9.08. The average Bonchev–Trinajstić information content (AvgIpc) is 2.25. The average molecular weight is 218 g/mol. The molecule has 0 unspecified atom stereocenters. The van der Waals surface area contributed by atoms with Crippen LogP contribution >= 0.6 is 0 Å². The number of carbonyl (C=O) groups is 1. The van der Waals surface area contributed by atoms with E-state index in [-0.39, 0.29) is 0 Å². The molecule has 2 heteroatoms. The Labute approximate surface area is 96.6 Å². The molecule has 0 aromatic heterocycles. The van der Waals surface area contributed by atoms with Crippen LogP contribution in [0.1, 0.15) is 32.3 Å². The van der Waals surface area contributed by atoms with Crippen LogP contribution in [0.5, 0.6) is 0 Å². The van der Waals surface area contributed by atoms with Crippen molar-refractivity contribution >= 4 is 12.0 Å². The Kier molecular flexibility index (Phi) is 4.77. The van der Waals surface area contributed by atoms with Crippen LogP contribution in [0.3, 0.4) is 0 Å². The third kappa shape index (κ3) is 4.30. The molecule has 1 N–H and O–H groups in total. The molecule has 0 bridgehead atoms. The molecule has 0 heterocycles. The highest BCUT2D eigenvalue weighted by Crippen LogP contribution is 2.15. The van der Waals surface area contributed by atoms with Gasteiger partial charge >= 0.3 is 5.97 Å². The van der Waals surface area contributed by atoms with E-state index in [4.69, 9.17) is 5.11 Å². The van der Waals surface area contributed by atoms with Crippen molar-refractivity contribution in [3.8, 4) is 0 Å². The van der Waals surface area contributed by atoms with Gasteiger partial charge < -0.3 is 5.11 Å². The zero-order valence-corrected chi connectivity index (χ0v) is 9.81. The van der Waals surface area contributed by atoms with Crippen LogP contribution in [-0.2, 0) is 4.79 Å². The molecule has 86 valence electrons. The summed E-state index contributed by atoms with van der Waals surface area (Å²) in [4.78, 5) is 11.0. The SMILES string of the molecule is CC(C)CC/C(=C\c1ccccc1)C(=O)O. The third-order valence-corrected chi connectivity index (χ3v) is 2.41. The van der Waals surface area contributed by atoms with Gasteiger partial charge in [-0.3, -0.25) is 0 Å². The lowest BCUT2D eigenvalue weighted by molar-refractivity contribution is -0.132. The van der Waals surface area contributed by atoms with Gasteiger partial charge in [0.2, 0.25) is 0 Å². The van der Waals surface area contributed by atoms with Gasteiger partial charge in [-0.2, -0.15) is 0 Å². The van der Waals surface area contributed by atoms with Gasteiger partial charge in [-0.15, -0.1) is 0 Å². The maximum absolute atomic E-state index is 11.0. The van der Waals surface area contributed by atoms with Crippen molar-refractivity contribution in [2.24, 2.45) is 5.92 Å². The Morgan fingerprint density at radius 1 is 1.31 bits per heavy atom. The first kappa shape index (κ1) is 12.5. The fraction of sp³-hybridized carbons (Fsp3) is 0.357. The van der Waals surface area contributed by atoms with Gasteiger partial charge in [0, 0.05) is 5.57 Å². The normalized spacial score (nSPS) is 11.8. The van der Waals surface area contributed by atoms with Crippen LogP contribution in [0.15, 0.2) is 35.9 Å². The topological polar surface area (TPSA) is 37.3 Å². The van der Waals surface area contributed by atoms with E-state index in [2.05, 4.69) is 13.8 Å². The van der Waals surface area contributed by atoms with E-state index in [9.17, 15) is 4.79 Å². The fourth-order valence-corrected chi connectivity index (χ4v) is 1.44. The van der Waals surface area contributed by atoms with Gasteiger partial charge in [-0.1, -0.05) is 44.2 Å². The Hall–Kier alpha value is -1.57. The minimum atomic E-state index is -0.815. The molecule has 0 radical (unpaired) electrons. The van der Waals surface area contributed by atoms with Gasteiger partial charge in [0.1, 0.15) is 0 Å². The monoisotopic (exact) mass is 218 g/mol. The van der Waals surface area contributed by atoms with E-state index in [0.29, 0.717) is 17.9 Å². The quantitative estimate of drug-likeness (QED) is 0.767. The number of hydrogen-bond donors (Lipinski definition) is 1. The first-order valence-electron chi connectivity index (χ1n) is 5.58. The molecule has 2 nitrogen and oxygen atoms in total. The lowest BCUT2D eigenvalue weighted by Crippen LogP contribution is -2.02. The van der Waals surface area contributed by atoms with E-state index in [1.54, 1.807) is 6.08 Å². The number of carboxylic acid groups (broad SMARTS) is 1. The molecule has 1 rings (SSSR count). The Morgan fingerprint density at radius 3 is 2.44 bits per heavy atom. The molecular weight excluding hydrogens is 200 g/mol. The van der Waals surface area contributed by atoms with E-state index in [0.717, 1.165) is 12.0 Å². The molecule has 1 aromatic rings. The molecule has 0 spiro atoms. The number of benzene rings is 1. The molecule has 16 heavy (non-hydrogen) atoms. The van der Waals surface area contributed by atoms with Crippen molar-refractivity contribution in [3.63, 3.8) is 0 Å². The highest BCUT2D eigenvalue weighted by Gasteiger charge is 2.08. The van der Waals surface area contributed by atoms with Crippen molar-refractivity contribution in [2.75, 3.05) is 0 Å². The summed E-state index contributed by atoms with van der Waals surface area (Å²) in [6, 6.07) is 9.57. The first-order chi connectivity index (χ1) is 7.59. The predicted octanol–water partition coefficient (Wildman–Crippen LogP) is 3.59. The predicted molar refractivity (Wildman–Crippen MR) is 66.1 cm³/mol. The van der Waals surface area contributed by atoms with E-state index < -0.39 is 5.97 Å². The minimum absolute atomic E-state index is 0.486. The smallest absolute Gasteiger partial charge is 0.331 e. The van der Waals surface area contributed by atoms with Gasteiger partial charge in [-0.25, -0.2) is 4.79 Å². The second-order valence-electron chi connectivity index (χ2n) is 4.32. The number of aliphatic carboxylic acids is 1. The number of hydrogen-bond acceptors (Lipinski definition) is 1. The zero-order chi connectivity index (χ0) is 12.0. The molecule has 0 aliphatic carbocycles. The van der Waals surface area contributed by atoms with Crippen molar-refractivity contribution in [1.29, 1.82) is 0 Å². The molecular formula is C14H18O2. The highest BCUT2D eigenvalue weighted by atomic mass is 16.4. The molecule has 0 aliphatic heterocycles. The summed E-state index contributed by atoms with van der Waals surface area (Å²) >= 11 is 0. The number of carboxylic acids is 1. The second kappa shape index (κ2) is 6.11. The summed E-state index contributed by atoms with van der Waals surface area (Å²) in [7, 11) is 0. The lowest BCUT2D eigenvalue weighted by atomic mass is 10.0. The van der Waals surface area contributed by atoms with Crippen molar-refractivity contribution in [2.45, 2.75) is 26.7 Å². The maximum Gasteiger partial charge on any atom is 0.331 e. The summed E-state index contributed by atoms with van der Waals surface area (Å²) in [6.45, 7) is 4.20. The number of rotatable bonds is 5. The second-order valence-corrected chi connectivity index (χ2v) is 4.32. The maximum atomic E-state index is 11.0. The van der Waals surface area contributed by atoms with Crippen molar-refractivity contribution in [1.82, 2.24) is 0 Å². The molecule has 0 aliphatic rings. The minimum Gasteiger partial charge on any atom is -0.478 e. The van der Waals surface area contributed by atoms with Crippen molar-refractivity contribution < 1.29 is 9.90 Å². The zero-order valence-electron chi connectivity index (χ0n) is 9.81. The molecule has 1 aromatic carbocycles. The standard InChI is InChI=1S/C14H18O2/c1-11(2)8-9-13(14(15)16)10-12-6-4-3-5-7-12/h3-7,10-11H,8-9H2,1-2H3,(H,15,16)/b13-10+. The van der Waals surface area contributed by atoms with E-state index >= 15 is 0 Å². The third-order valence-electron chi connectivity index (χ3n) is 2.41. The summed E-state index contributed by atoms with van der Waals surface area (Å²) in [6.07, 6.45) is 3.29. The summed E-state index contributed by atoms with van der Waals surface area (Å²) in [5.41, 5.74) is 1.43. The molecule has 0 atom stereocenters. The van der Waals surface area contributed by atoms with Gasteiger partial charge in [0.15, 0.2) is 0 Å². The van der Waals surface area contributed by atoms with Crippen LogP contribution in [0.4, 0.5) is 0 Å². The van der Waals surface area contributed by atoms with Gasteiger partial charge in [-0.05, 0) is 30.4 Å². The lowest BCUT2D eigenvalue weighted by Gasteiger charge is -2.05. The van der Waals surface area contributed by atoms with Crippen LogP contribution in [-0.4, -0.2) is 11.1 Å². The molecule has 0 fully saturated rings. The fourth-order valence-electron chi connectivity index (χ4n) is 1.44. The van der Waals surface area contributed by atoms with Crippen LogP contribution < -0.4 is 0 Å². The Balaban J connectivity index is 2.78. The van der Waals surface area contributed by atoms with E-state index in [1.807, 2.05) is 30.3 Å².